The molecule has 0 saturated heterocycles. The molecular formula is C18H8OS4. The highest BCUT2D eigenvalue weighted by molar-refractivity contribution is 7.22. The van der Waals surface area contributed by atoms with Crippen molar-refractivity contribution in [3.8, 4) is 19.5 Å². The van der Waals surface area contributed by atoms with Crippen molar-refractivity contribution in [2.75, 3.05) is 0 Å². The summed E-state index contributed by atoms with van der Waals surface area (Å²) in [5.41, 5.74) is 3.82. The number of thiophene rings is 4. The third-order valence-electron chi connectivity index (χ3n) is 4.87. The molecule has 6 rings (SSSR count). The molecule has 0 aromatic carbocycles. The molecule has 2 aliphatic carbocycles. The van der Waals surface area contributed by atoms with E-state index in [0.29, 0.717) is 0 Å². The number of hydrogen-bond donors (Lipinski definition) is 0. The first kappa shape index (κ1) is 12.8. The number of carbonyl (C=O) groups is 1. The van der Waals surface area contributed by atoms with Gasteiger partial charge in [-0.2, -0.15) is 0 Å². The van der Waals surface area contributed by atoms with Crippen LogP contribution in [0.4, 0.5) is 0 Å². The molecule has 0 radical (unpaired) electrons. The Kier molecular flexibility index (Phi) is 2.29. The molecule has 0 unspecified atom stereocenters. The Morgan fingerprint density at radius 3 is 1.61 bits per heavy atom. The zero-order valence-electron chi connectivity index (χ0n) is 11.7. The van der Waals surface area contributed by atoms with Gasteiger partial charge >= 0.3 is 0 Å². The van der Waals surface area contributed by atoms with Crippen molar-refractivity contribution in [1.29, 1.82) is 0 Å². The van der Waals surface area contributed by atoms with Gasteiger partial charge in [-0.15, -0.1) is 45.3 Å². The van der Waals surface area contributed by atoms with E-state index in [1.165, 1.54) is 31.3 Å². The lowest BCUT2D eigenvalue weighted by molar-refractivity contribution is 0.0937. The van der Waals surface area contributed by atoms with E-state index in [4.69, 9.17) is 0 Å². The first-order valence-corrected chi connectivity index (χ1v) is 10.7. The topological polar surface area (TPSA) is 17.1 Å². The molecular weight excluding hydrogens is 360 g/mol. The average molecular weight is 369 g/mol. The quantitative estimate of drug-likeness (QED) is 0.366. The molecule has 0 bridgehead atoms. The maximum atomic E-state index is 13.7. The highest BCUT2D eigenvalue weighted by Gasteiger charge is 2.56. The lowest BCUT2D eigenvalue weighted by Crippen LogP contribution is -2.38. The summed E-state index contributed by atoms with van der Waals surface area (Å²) in [4.78, 5) is 18.7. The van der Waals surface area contributed by atoms with Crippen LogP contribution in [0.15, 0.2) is 45.8 Å². The summed E-state index contributed by atoms with van der Waals surface area (Å²) in [5.74, 6) is 0.247. The van der Waals surface area contributed by atoms with Gasteiger partial charge in [0.25, 0.3) is 0 Å². The minimum Gasteiger partial charge on any atom is -0.292 e. The van der Waals surface area contributed by atoms with Gasteiger partial charge in [0, 0.05) is 20.2 Å². The molecule has 2 aliphatic rings. The normalized spacial score (nSPS) is 16.3. The molecule has 4 aromatic rings. The fourth-order valence-electron chi connectivity index (χ4n) is 4.01. The third kappa shape index (κ3) is 1.26. The van der Waals surface area contributed by atoms with Gasteiger partial charge in [-0.25, -0.2) is 0 Å². The van der Waals surface area contributed by atoms with Crippen molar-refractivity contribution < 1.29 is 4.79 Å². The molecule has 4 heterocycles. The van der Waals surface area contributed by atoms with Crippen LogP contribution in [-0.4, -0.2) is 5.78 Å². The lowest BCUT2D eigenvalue weighted by Gasteiger charge is -2.33. The maximum absolute atomic E-state index is 13.7. The second-order valence-corrected chi connectivity index (χ2v) is 9.40. The van der Waals surface area contributed by atoms with Crippen LogP contribution in [-0.2, 0) is 5.41 Å². The fraction of sp³-hybridized carbons (Fsp3) is 0.0556. The summed E-state index contributed by atoms with van der Waals surface area (Å²) < 4.78 is 0. The first-order valence-electron chi connectivity index (χ1n) is 7.20. The monoisotopic (exact) mass is 368 g/mol. The van der Waals surface area contributed by atoms with Gasteiger partial charge in [0.1, 0.15) is 5.41 Å². The summed E-state index contributed by atoms with van der Waals surface area (Å²) >= 11 is 6.94. The van der Waals surface area contributed by atoms with E-state index < -0.39 is 5.41 Å². The average Bonchev–Trinajstić information content (AvgIpc) is 3.31. The summed E-state index contributed by atoms with van der Waals surface area (Å²) in [6, 6.07) is 8.48. The van der Waals surface area contributed by atoms with Crippen LogP contribution < -0.4 is 0 Å². The number of carbonyl (C=O) groups excluding carboxylic acids is 1. The van der Waals surface area contributed by atoms with E-state index >= 15 is 0 Å². The Labute approximate surface area is 148 Å². The van der Waals surface area contributed by atoms with Gasteiger partial charge in [0.2, 0.25) is 0 Å². The van der Waals surface area contributed by atoms with Crippen LogP contribution >= 0.6 is 45.3 Å². The second kappa shape index (κ2) is 4.11. The van der Waals surface area contributed by atoms with Crippen LogP contribution in [0.25, 0.3) is 19.5 Å². The molecule has 0 aliphatic heterocycles. The minimum absolute atomic E-state index is 0.247. The Morgan fingerprint density at radius 2 is 1.04 bits per heavy atom. The van der Waals surface area contributed by atoms with E-state index in [0.717, 1.165) is 10.4 Å². The molecule has 0 N–H and O–H groups in total. The van der Waals surface area contributed by atoms with Crippen molar-refractivity contribution >= 4 is 51.1 Å². The predicted octanol–water partition coefficient (Wildman–Crippen LogP) is 6.11. The molecule has 0 saturated carbocycles. The summed E-state index contributed by atoms with van der Waals surface area (Å²) in [5, 5.41) is 8.42. The van der Waals surface area contributed by atoms with Crippen molar-refractivity contribution in [3.63, 3.8) is 0 Å². The van der Waals surface area contributed by atoms with Gasteiger partial charge in [-0.1, -0.05) is 0 Å². The summed E-state index contributed by atoms with van der Waals surface area (Å²) in [7, 11) is 0. The molecule has 0 fully saturated rings. The van der Waals surface area contributed by atoms with Gasteiger partial charge in [0.05, 0.1) is 4.88 Å². The van der Waals surface area contributed by atoms with Crippen LogP contribution in [0.3, 0.4) is 0 Å². The molecule has 23 heavy (non-hydrogen) atoms. The molecule has 110 valence electrons. The van der Waals surface area contributed by atoms with Crippen molar-refractivity contribution in [1.82, 2.24) is 0 Å². The van der Waals surface area contributed by atoms with E-state index in [-0.39, 0.29) is 5.78 Å². The van der Waals surface area contributed by atoms with Crippen LogP contribution in [0.2, 0.25) is 0 Å². The van der Waals surface area contributed by atoms with Crippen molar-refractivity contribution in [2.45, 2.75) is 5.41 Å². The van der Waals surface area contributed by atoms with E-state index in [1.54, 1.807) is 45.3 Å². The van der Waals surface area contributed by atoms with Gasteiger partial charge in [-0.05, 0) is 62.5 Å². The molecule has 5 heteroatoms. The van der Waals surface area contributed by atoms with Crippen LogP contribution in [0.1, 0.15) is 27.0 Å². The van der Waals surface area contributed by atoms with Crippen molar-refractivity contribution in [2.24, 2.45) is 0 Å². The van der Waals surface area contributed by atoms with E-state index in [2.05, 4.69) is 34.3 Å². The van der Waals surface area contributed by atoms with Crippen LogP contribution in [0.5, 0.6) is 0 Å². The van der Waals surface area contributed by atoms with Gasteiger partial charge in [0.15, 0.2) is 5.78 Å². The SMILES string of the molecule is O=C1c2ccsc2-c2sccc2C12c1ccsc1-c1sccc12. The number of Topliss-reactive ketones (excluding diaryl/α,β-unsaturated/α-hetero) is 1. The molecule has 4 aromatic heterocycles. The summed E-state index contributed by atoms with van der Waals surface area (Å²) in [6.45, 7) is 0. The van der Waals surface area contributed by atoms with Gasteiger partial charge in [-0.3, -0.25) is 4.79 Å². The Balaban J connectivity index is 1.85. The number of hydrogen-bond acceptors (Lipinski definition) is 5. The highest BCUT2D eigenvalue weighted by atomic mass is 32.1. The zero-order chi connectivity index (χ0) is 15.2. The lowest BCUT2D eigenvalue weighted by atomic mass is 9.66. The van der Waals surface area contributed by atoms with E-state index in [1.807, 2.05) is 11.4 Å². The Bertz CT molecular complexity index is 1060. The standard InChI is InChI=1S/C18H8OS4/c19-17-9-1-5-20-13(9)14-10(2-6-21-14)18(17)11-3-7-22-15(11)16-12(18)4-8-23-16/h1-8H. The molecule has 1 spiro atoms. The fourth-order valence-corrected chi connectivity index (χ4v) is 8.15. The Morgan fingerprint density at radius 1 is 0.609 bits per heavy atom. The smallest absolute Gasteiger partial charge is 0.183 e. The number of fused-ring (bicyclic) bond motifs is 9. The number of ketones is 1. The zero-order valence-corrected chi connectivity index (χ0v) is 14.9. The highest BCUT2D eigenvalue weighted by Crippen LogP contribution is 2.62. The van der Waals surface area contributed by atoms with Crippen molar-refractivity contribution in [3.05, 3.63) is 68.0 Å². The van der Waals surface area contributed by atoms with Crippen LogP contribution in [0, 0.1) is 0 Å². The number of rotatable bonds is 0. The molecule has 0 atom stereocenters. The Hall–Kier alpha value is -1.53. The molecule has 0 amide bonds. The van der Waals surface area contributed by atoms with E-state index in [9.17, 15) is 4.79 Å². The van der Waals surface area contributed by atoms with Gasteiger partial charge < -0.3 is 0 Å². The molecule has 1 nitrogen and oxygen atoms in total. The summed E-state index contributed by atoms with van der Waals surface area (Å²) in [6.07, 6.45) is 0. The maximum Gasteiger partial charge on any atom is 0.183 e. The minimum atomic E-state index is -0.617. The predicted molar refractivity (Wildman–Crippen MR) is 99.5 cm³/mol. The first-order chi connectivity index (χ1) is 11.3. The third-order valence-corrected chi connectivity index (χ3v) is 8.86. The largest absolute Gasteiger partial charge is 0.292 e. The second-order valence-electron chi connectivity index (χ2n) is 5.73.